The van der Waals surface area contributed by atoms with Gasteiger partial charge in [0.1, 0.15) is 6.10 Å². The molecule has 24 heavy (non-hydrogen) atoms. The lowest BCUT2D eigenvalue weighted by molar-refractivity contribution is -0.147. The Hall–Kier alpha value is -1.31. The van der Waals surface area contributed by atoms with Crippen molar-refractivity contribution in [3.05, 3.63) is 34.9 Å². The van der Waals surface area contributed by atoms with Gasteiger partial charge in [-0.2, -0.15) is 0 Å². The summed E-state index contributed by atoms with van der Waals surface area (Å²) >= 11 is 0. The number of rotatable bonds is 5. The number of hydrogen-bond acceptors (Lipinski definition) is 2. The van der Waals surface area contributed by atoms with Gasteiger partial charge in [-0.1, -0.05) is 35.8 Å². The molecule has 0 heterocycles. The molecule has 136 valence electrons. The minimum Gasteiger partial charge on any atom is -0.458 e. The average molecular weight is 333 g/mol. The third-order valence-corrected chi connectivity index (χ3v) is 4.98. The molecule has 1 rings (SSSR count). The maximum atomic E-state index is 11.6. The lowest BCUT2D eigenvalue weighted by Crippen LogP contribution is -2.30. The van der Waals surface area contributed by atoms with Gasteiger partial charge in [0.25, 0.3) is 0 Å². The van der Waals surface area contributed by atoms with Crippen LogP contribution in [0.5, 0.6) is 0 Å². The molecule has 3 atom stereocenters. The SMILES string of the molecule is CC(=O)O[C@H]1/C=C(\C)CC/C=C(\C)CC[C@H]1C(C)CCC=C(C)C. The number of ether oxygens (including phenoxy) is 1. The van der Waals surface area contributed by atoms with E-state index in [4.69, 9.17) is 4.74 Å². The van der Waals surface area contributed by atoms with Gasteiger partial charge in [-0.25, -0.2) is 0 Å². The first-order chi connectivity index (χ1) is 11.3. The van der Waals surface area contributed by atoms with E-state index in [2.05, 4.69) is 52.8 Å². The summed E-state index contributed by atoms with van der Waals surface area (Å²) in [5, 5.41) is 0. The molecular weight excluding hydrogens is 296 g/mol. The minimum absolute atomic E-state index is 0.0879. The molecule has 1 aliphatic rings. The summed E-state index contributed by atoms with van der Waals surface area (Å²) < 4.78 is 5.74. The molecule has 0 aliphatic heterocycles. The lowest BCUT2D eigenvalue weighted by Gasteiger charge is -2.31. The highest BCUT2D eigenvalue weighted by molar-refractivity contribution is 5.66. The fourth-order valence-electron chi connectivity index (χ4n) is 3.46. The highest BCUT2D eigenvalue weighted by atomic mass is 16.5. The van der Waals surface area contributed by atoms with E-state index in [9.17, 15) is 4.79 Å². The zero-order valence-corrected chi connectivity index (χ0v) is 16.5. The predicted octanol–water partition coefficient (Wildman–Crippen LogP) is 6.38. The largest absolute Gasteiger partial charge is 0.458 e. The second-order valence-corrected chi connectivity index (χ2v) is 7.71. The van der Waals surface area contributed by atoms with E-state index >= 15 is 0 Å². The van der Waals surface area contributed by atoms with Crippen LogP contribution in [-0.2, 0) is 9.53 Å². The van der Waals surface area contributed by atoms with Gasteiger partial charge < -0.3 is 4.74 Å². The van der Waals surface area contributed by atoms with Gasteiger partial charge in [0.15, 0.2) is 0 Å². The van der Waals surface area contributed by atoms with Gasteiger partial charge in [0.05, 0.1) is 0 Å². The van der Waals surface area contributed by atoms with Gasteiger partial charge in [-0.05, 0) is 78.2 Å². The van der Waals surface area contributed by atoms with Crippen molar-refractivity contribution in [1.29, 1.82) is 0 Å². The number of carbonyl (C=O) groups is 1. The zero-order valence-electron chi connectivity index (χ0n) is 16.5. The van der Waals surface area contributed by atoms with E-state index in [0.29, 0.717) is 11.8 Å². The summed E-state index contributed by atoms with van der Waals surface area (Å²) in [6, 6.07) is 0. The van der Waals surface area contributed by atoms with Crippen molar-refractivity contribution in [2.75, 3.05) is 0 Å². The van der Waals surface area contributed by atoms with Crippen LogP contribution in [0.3, 0.4) is 0 Å². The molecule has 0 amide bonds. The van der Waals surface area contributed by atoms with Crippen LogP contribution in [-0.4, -0.2) is 12.1 Å². The van der Waals surface area contributed by atoms with Crippen molar-refractivity contribution in [3.8, 4) is 0 Å². The van der Waals surface area contributed by atoms with Crippen molar-refractivity contribution in [2.45, 2.75) is 86.2 Å². The number of esters is 1. The van der Waals surface area contributed by atoms with Crippen molar-refractivity contribution in [2.24, 2.45) is 11.8 Å². The van der Waals surface area contributed by atoms with E-state index in [1.54, 1.807) is 0 Å². The summed E-state index contributed by atoms with van der Waals surface area (Å²) in [6.07, 6.45) is 13.4. The maximum absolute atomic E-state index is 11.6. The van der Waals surface area contributed by atoms with E-state index in [-0.39, 0.29) is 12.1 Å². The third kappa shape index (κ3) is 7.99. The smallest absolute Gasteiger partial charge is 0.303 e. The monoisotopic (exact) mass is 332 g/mol. The third-order valence-electron chi connectivity index (χ3n) is 4.98. The van der Waals surface area contributed by atoms with Crippen LogP contribution in [0, 0.1) is 11.8 Å². The van der Waals surface area contributed by atoms with Gasteiger partial charge in [0, 0.05) is 12.8 Å². The molecular formula is C22H36O2. The van der Waals surface area contributed by atoms with Crippen molar-refractivity contribution >= 4 is 5.97 Å². The quantitative estimate of drug-likeness (QED) is 0.431. The predicted molar refractivity (Wildman–Crippen MR) is 103 cm³/mol. The topological polar surface area (TPSA) is 26.3 Å². The zero-order chi connectivity index (χ0) is 18.1. The molecule has 0 saturated carbocycles. The summed E-state index contributed by atoms with van der Waals surface area (Å²) in [4.78, 5) is 11.6. The van der Waals surface area contributed by atoms with Crippen LogP contribution in [0.1, 0.15) is 80.1 Å². The number of hydrogen-bond donors (Lipinski definition) is 0. The van der Waals surface area contributed by atoms with Gasteiger partial charge in [0.2, 0.25) is 0 Å². The van der Waals surface area contributed by atoms with Gasteiger partial charge in [-0.15, -0.1) is 0 Å². The van der Waals surface area contributed by atoms with Crippen LogP contribution in [0.2, 0.25) is 0 Å². The molecule has 0 aromatic carbocycles. The highest BCUT2D eigenvalue weighted by Gasteiger charge is 2.27. The van der Waals surface area contributed by atoms with Crippen LogP contribution >= 0.6 is 0 Å². The van der Waals surface area contributed by atoms with E-state index in [0.717, 1.165) is 38.5 Å². The molecule has 0 spiro atoms. The summed E-state index contributed by atoms with van der Waals surface area (Å²) in [5.74, 6) is 0.743. The van der Waals surface area contributed by atoms with Crippen LogP contribution in [0.4, 0.5) is 0 Å². The molecule has 2 heteroatoms. The molecule has 1 aliphatic carbocycles. The van der Waals surface area contributed by atoms with E-state index < -0.39 is 0 Å². The maximum Gasteiger partial charge on any atom is 0.303 e. The van der Waals surface area contributed by atoms with Crippen molar-refractivity contribution in [3.63, 3.8) is 0 Å². The van der Waals surface area contributed by atoms with Gasteiger partial charge >= 0.3 is 5.97 Å². The number of carbonyl (C=O) groups excluding carboxylic acids is 1. The second kappa shape index (κ2) is 10.5. The molecule has 0 N–H and O–H groups in total. The Kier molecular flexibility index (Phi) is 9.10. The Balaban J connectivity index is 2.96. The first-order valence-electron chi connectivity index (χ1n) is 9.43. The molecule has 0 saturated heterocycles. The first-order valence-corrected chi connectivity index (χ1v) is 9.43. The van der Waals surface area contributed by atoms with Crippen LogP contribution < -0.4 is 0 Å². The van der Waals surface area contributed by atoms with E-state index in [1.807, 2.05) is 0 Å². The first kappa shape index (κ1) is 20.7. The Labute approximate surface area is 149 Å². The molecule has 0 radical (unpaired) electrons. The molecule has 0 bridgehead atoms. The fourth-order valence-corrected chi connectivity index (χ4v) is 3.46. The van der Waals surface area contributed by atoms with Crippen LogP contribution in [0.25, 0.3) is 0 Å². The molecule has 2 nitrogen and oxygen atoms in total. The highest BCUT2D eigenvalue weighted by Crippen LogP contribution is 2.31. The minimum atomic E-state index is -0.171. The van der Waals surface area contributed by atoms with E-state index in [1.165, 1.54) is 23.6 Å². The Morgan fingerprint density at radius 1 is 1.25 bits per heavy atom. The normalized spacial score (nSPS) is 27.9. The Morgan fingerprint density at radius 2 is 1.96 bits per heavy atom. The summed E-state index contributed by atoms with van der Waals surface area (Å²) in [7, 11) is 0. The average Bonchev–Trinajstić information content (AvgIpc) is 2.45. The van der Waals surface area contributed by atoms with Crippen molar-refractivity contribution < 1.29 is 9.53 Å². The van der Waals surface area contributed by atoms with Crippen molar-refractivity contribution in [1.82, 2.24) is 0 Å². The fraction of sp³-hybridized carbons (Fsp3) is 0.682. The molecule has 0 fully saturated rings. The molecule has 0 aromatic heterocycles. The molecule has 1 unspecified atom stereocenters. The standard InChI is InChI=1S/C22H36O2/c1-16(2)9-7-12-19(5)21-14-13-17(3)10-8-11-18(4)15-22(21)24-20(6)23/h9-10,15,19,21-22H,7-8,11-14H2,1-6H3/b17-10+,18-15+/t19?,21-,22-/m0/s1. The summed E-state index contributed by atoms with van der Waals surface area (Å²) in [6.45, 7) is 12.5. The second-order valence-electron chi connectivity index (χ2n) is 7.71. The number of allylic oxidation sites excluding steroid dienone is 5. The summed E-state index contributed by atoms with van der Waals surface area (Å²) in [5.41, 5.74) is 4.17. The molecule has 0 aromatic rings. The van der Waals surface area contributed by atoms with Crippen LogP contribution in [0.15, 0.2) is 34.9 Å². The Bertz CT molecular complexity index is 492. The Morgan fingerprint density at radius 3 is 2.58 bits per heavy atom. The lowest BCUT2D eigenvalue weighted by atomic mass is 9.80. The van der Waals surface area contributed by atoms with Gasteiger partial charge in [-0.3, -0.25) is 4.79 Å².